The molecule has 0 aliphatic carbocycles. The Bertz CT molecular complexity index is 238. The minimum Gasteiger partial charge on any atom is -0.361 e. The molecule has 4 heteroatoms. The van der Waals surface area contributed by atoms with Gasteiger partial charge in [-0.15, -0.1) is 0 Å². The summed E-state index contributed by atoms with van der Waals surface area (Å²) < 4.78 is 0. The number of thioether (sulfide) groups is 1. The fourth-order valence-corrected chi connectivity index (χ4v) is 2.57. The summed E-state index contributed by atoms with van der Waals surface area (Å²) in [6.45, 7) is 8.82. The Balaban J connectivity index is 2.48. The van der Waals surface area contributed by atoms with Crippen molar-refractivity contribution in [3.63, 3.8) is 0 Å². The van der Waals surface area contributed by atoms with E-state index in [9.17, 15) is 0 Å². The molecule has 1 heterocycles. The standard InChI is InChI=1S/C12H25N3S/c1-9(2)11(7-15(4)5)14-12-13-6-10(3)8-16-12/h9-11H,6-8H2,1-5H3,(H,13,14). The van der Waals surface area contributed by atoms with E-state index in [1.807, 2.05) is 11.8 Å². The predicted octanol–water partition coefficient (Wildman–Crippen LogP) is 1.90. The molecule has 0 radical (unpaired) electrons. The highest BCUT2D eigenvalue weighted by Gasteiger charge is 2.18. The van der Waals surface area contributed by atoms with Gasteiger partial charge in [0.25, 0.3) is 0 Å². The molecule has 1 rings (SSSR count). The van der Waals surface area contributed by atoms with Gasteiger partial charge < -0.3 is 10.2 Å². The third kappa shape index (κ3) is 4.74. The van der Waals surface area contributed by atoms with Crippen molar-refractivity contribution in [1.82, 2.24) is 10.2 Å². The maximum Gasteiger partial charge on any atom is 0.156 e. The molecule has 0 spiro atoms. The van der Waals surface area contributed by atoms with Crippen molar-refractivity contribution in [3.8, 4) is 0 Å². The summed E-state index contributed by atoms with van der Waals surface area (Å²) in [7, 11) is 4.24. The van der Waals surface area contributed by atoms with E-state index >= 15 is 0 Å². The van der Waals surface area contributed by atoms with E-state index in [0.717, 1.165) is 24.2 Å². The Morgan fingerprint density at radius 3 is 2.62 bits per heavy atom. The number of hydrogen-bond donors (Lipinski definition) is 1. The summed E-state index contributed by atoms with van der Waals surface area (Å²) in [5, 5.41) is 4.72. The Hall–Kier alpha value is -0.220. The predicted molar refractivity (Wildman–Crippen MR) is 74.2 cm³/mol. The summed E-state index contributed by atoms with van der Waals surface area (Å²) in [5.41, 5.74) is 0. The van der Waals surface area contributed by atoms with Crippen LogP contribution in [0.5, 0.6) is 0 Å². The topological polar surface area (TPSA) is 27.6 Å². The minimum absolute atomic E-state index is 0.495. The van der Waals surface area contributed by atoms with Crippen LogP contribution in [0.4, 0.5) is 0 Å². The SMILES string of the molecule is CC1CN=C(NC(CN(C)C)C(C)C)SC1. The Morgan fingerprint density at radius 2 is 2.19 bits per heavy atom. The molecule has 2 unspecified atom stereocenters. The van der Waals surface area contributed by atoms with E-state index in [1.165, 1.54) is 5.75 Å². The number of hydrogen-bond acceptors (Lipinski definition) is 4. The van der Waals surface area contributed by atoms with Gasteiger partial charge in [-0.1, -0.05) is 32.5 Å². The highest BCUT2D eigenvalue weighted by atomic mass is 32.2. The third-order valence-electron chi connectivity index (χ3n) is 2.73. The molecule has 0 aromatic heterocycles. The van der Waals surface area contributed by atoms with E-state index in [-0.39, 0.29) is 0 Å². The van der Waals surface area contributed by atoms with Crippen LogP contribution in [0.15, 0.2) is 4.99 Å². The number of likely N-dealkylation sites (N-methyl/N-ethyl adjacent to an activating group) is 1. The fourth-order valence-electron chi connectivity index (χ4n) is 1.62. The lowest BCUT2D eigenvalue weighted by atomic mass is 10.0. The van der Waals surface area contributed by atoms with Gasteiger partial charge in [0.15, 0.2) is 5.17 Å². The summed E-state index contributed by atoms with van der Waals surface area (Å²) in [5.74, 6) is 2.55. The highest BCUT2D eigenvalue weighted by Crippen LogP contribution is 2.17. The van der Waals surface area contributed by atoms with Crippen LogP contribution >= 0.6 is 11.8 Å². The molecule has 1 aliphatic rings. The average Bonchev–Trinajstić information content (AvgIpc) is 2.19. The lowest BCUT2D eigenvalue weighted by Crippen LogP contribution is -2.45. The smallest absolute Gasteiger partial charge is 0.156 e. The lowest BCUT2D eigenvalue weighted by molar-refractivity contribution is 0.313. The zero-order valence-corrected chi connectivity index (χ0v) is 12.0. The lowest BCUT2D eigenvalue weighted by Gasteiger charge is -2.28. The Labute approximate surface area is 104 Å². The number of rotatable bonds is 4. The molecule has 0 aromatic rings. The van der Waals surface area contributed by atoms with Gasteiger partial charge in [-0.05, 0) is 25.9 Å². The first-order valence-electron chi connectivity index (χ1n) is 6.07. The molecule has 1 aliphatic heterocycles. The first kappa shape index (κ1) is 13.8. The summed E-state index contributed by atoms with van der Waals surface area (Å²) in [6, 6.07) is 0.495. The van der Waals surface area contributed by atoms with Gasteiger partial charge in [0.05, 0.1) is 0 Å². The van der Waals surface area contributed by atoms with Crippen LogP contribution < -0.4 is 5.32 Å². The van der Waals surface area contributed by atoms with Crippen molar-refractivity contribution in [1.29, 1.82) is 0 Å². The van der Waals surface area contributed by atoms with Gasteiger partial charge in [-0.3, -0.25) is 4.99 Å². The molecule has 94 valence electrons. The minimum atomic E-state index is 0.495. The molecule has 0 aromatic carbocycles. The zero-order chi connectivity index (χ0) is 12.1. The van der Waals surface area contributed by atoms with Crippen molar-refractivity contribution in [2.75, 3.05) is 32.9 Å². The third-order valence-corrected chi connectivity index (χ3v) is 3.98. The number of amidine groups is 1. The van der Waals surface area contributed by atoms with Crippen LogP contribution in [-0.2, 0) is 0 Å². The van der Waals surface area contributed by atoms with Crippen molar-refractivity contribution in [3.05, 3.63) is 0 Å². The molecule has 3 nitrogen and oxygen atoms in total. The van der Waals surface area contributed by atoms with Gasteiger partial charge in [0.1, 0.15) is 0 Å². The number of nitrogens with one attached hydrogen (secondary N) is 1. The summed E-state index contributed by atoms with van der Waals surface area (Å²) >= 11 is 1.86. The molecule has 1 N–H and O–H groups in total. The maximum atomic E-state index is 4.59. The maximum absolute atomic E-state index is 4.59. The van der Waals surface area contributed by atoms with E-state index in [1.54, 1.807) is 0 Å². The second kappa shape index (κ2) is 6.50. The molecule has 0 amide bonds. The van der Waals surface area contributed by atoms with Crippen LogP contribution in [0.2, 0.25) is 0 Å². The quantitative estimate of drug-likeness (QED) is 0.817. The van der Waals surface area contributed by atoms with Crippen LogP contribution in [-0.4, -0.2) is 49.0 Å². The van der Waals surface area contributed by atoms with E-state index in [4.69, 9.17) is 0 Å². The largest absolute Gasteiger partial charge is 0.361 e. The number of nitrogens with zero attached hydrogens (tertiary/aromatic N) is 2. The van der Waals surface area contributed by atoms with Crippen LogP contribution in [0, 0.1) is 11.8 Å². The first-order valence-corrected chi connectivity index (χ1v) is 7.06. The van der Waals surface area contributed by atoms with Crippen molar-refractivity contribution in [2.45, 2.75) is 26.8 Å². The number of aliphatic imine (C=N–C) groups is 1. The molecular weight excluding hydrogens is 218 g/mol. The molecule has 2 atom stereocenters. The van der Waals surface area contributed by atoms with Crippen molar-refractivity contribution < 1.29 is 0 Å². The van der Waals surface area contributed by atoms with Crippen LogP contribution in [0.25, 0.3) is 0 Å². The monoisotopic (exact) mass is 243 g/mol. The second-order valence-corrected chi connectivity index (χ2v) is 6.33. The normalized spacial score (nSPS) is 23.4. The van der Waals surface area contributed by atoms with Crippen molar-refractivity contribution in [2.24, 2.45) is 16.8 Å². The second-order valence-electron chi connectivity index (χ2n) is 5.32. The molecule has 0 saturated heterocycles. The van der Waals surface area contributed by atoms with Crippen LogP contribution in [0.1, 0.15) is 20.8 Å². The molecule has 16 heavy (non-hydrogen) atoms. The van der Waals surface area contributed by atoms with Gasteiger partial charge in [-0.2, -0.15) is 0 Å². The fraction of sp³-hybridized carbons (Fsp3) is 0.917. The van der Waals surface area contributed by atoms with E-state index in [2.05, 4.69) is 50.1 Å². The van der Waals surface area contributed by atoms with Gasteiger partial charge in [-0.25, -0.2) is 0 Å². The van der Waals surface area contributed by atoms with Gasteiger partial charge in [0.2, 0.25) is 0 Å². The van der Waals surface area contributed by atoms with E-state index in [0.29, 0.717) is 12.0 Å². The first-order chi connectivity index (χ1) is 7.49. The van der Waals surface area contributed by atoms with Crippen LogP contribution in [0.3, 0.4) is 0 Å². The molecular formula is C12H25N3S. The highest BCUT2D eigenvalue weighted by molar-refractivity contribution is 8.13. The van der Waals surface area contributed by atoms with Crippen molar-refractivity contribution >= 4 is 16.9 Å². The summed E-state index contributed by atoms with van der Waals surface area (Å²) in [6.07, 6.45) is 0. The molecule has 0 saturated carbocycles. The van der Waals surface area contributed by atoms with Gasteiger partial charge >= 0.3 is 0 Å². The Morgan fingerprint density at radius 1 is 1.50 bits per heavy atom. The van der Waals surface area contributed by atoms with Gasteiger partial charge in [0, 0.05) is 24.9 Å². The average molecular weight is 243 g/mol. The molecule has 0 fully saturated rings. The zero-order valence-electron chi connectivity index (χ0n) is 11.2. The Kier molecular flexibility index (Phi) is 5.62. The summed E-state index contributed by atoms with van der Waals surface area (Å²) in [4.78, 5) is 6.82. The van der Waals surface area contributed by atoms with E-state index < -0.39 is 0 Å². The molecule has 0 bridgehead atoms.